The number of rotatable bonds is 6. The molecule has 1 aliphatic heterocycles. The van der Waals surface area contributed by atoms with Crippen molar-refractivity contribution < 1.29 is 9.59 Å². The molecule has 6 nitrogen and oxygen atoms in total. The van der Waals surface area contributed by atoms with Gasteiger partial charge in [-0.2, -0.15) is 5.10 Å². The number of hydrogen-bond acceptors (Lipinski definition) is 3. The van der Waals surface area contributed by atoms with E-state index in [9.17, 15) is 9.59 Å². The van der Waals surface area contributed by atoms with Crippen LogP contribution in [-0.2, 0) is 16.6 Å². The molecule has 132 valence electrons. The molecule has 2 atom stereocenters. The third-order valence-electron chi connectivity index (χ3n) is 4.62. The monoisotopic (exact) mass is 340 g/mol. The lowest BCUT2D eigenvalue weighted by Crippen LogP contribution is -2.43. The van der Waals surface area contributed by atoms with Gasteiger partial charge >= 0.3 is 0 Å². The average Bonchev–Trinajstić information content (AvgIpc) is 3.19. The predicted octanol–water partition coefficient (Wildman–Crippen LogP) is 2.23. The van der Waals surface area contributed by atoms with Crippen molar-refractivity contribution in [3.8, 4) is 0 Å². The Balaban J connectivity index is 1.68. The van der Waals surface area contributed by atoms with E-state index in [0.29, 0.717) is 13.0 Å². The molecule has 1 aliphatic rings. The number of amides is 2. The van der Waals surface area contributed by atoms with Gasteiger partial charge in [0.05, 0.1) is 17.8 Å². The third kappa shape index (κ3) is 3.73. The lowest BCUT2D eigenvalue weighted by Gasteiger charge is -2.20. The number of nitrogens with zero attached hydrogens (tertiary/aromatic N) is 3. The zero-order valence-corrected chi connectivity index (χ0v) is 14.7. The molecule has 0 bridgehead atoms. The SMILES string of the molecule is CCC[C@H](C(=O)N[C@H]1CCN(c2cnn(C)c2)C1=O)c1ccccc1. The number of aromatic nitrogens is 2. The lowest BCUT2D eigenvalue weighted by atomic mass is 9.93. The van der Waals surface area contributed by atoms with E-state index < -0.39 is 6.04 Å². The highest BCUT2D eigenvalue weighted by molar-refractivity contribution is 6.01. The molecule has 3 rings (SSSR count). The van der Waals surface area contributed by atoms with Gasteiger partial charge in [0.25, 0.3) is 0 Å². The Morgan fingerprint density at radius 1 is 1.36 bits per heavy atom. The summed E-state index contributed by atoms with van der Waals surface area (Å²) in [5.41, 5.74) is 1.77. The average molecular weight is 340 g/mol. The standard InChI is InChI=1S/C19H24N4O2/c1-3-7-16(14-8-5-4-6-9-14)18(24)21-17-10-11-23(19(17)25)15-12-20-22(2)13-15/h4-6,8-9,12-13,16-17H,3,7,10-11H2,1-2H3,(H,21,24)/t16-,17-/m0/s1. The zero-order chi connectivity index (χ0) is 17.8. The van der Waals surface area contributed by atoms with E-state index in [1.807, 2.05) is 43.6 Å². The second-order valence-corrected chi connectivity index (χ2v) is 6.46. The predicted molar refractivity (Wildman–Crippen MR) is 96.2 cm³/mol. The van der Waals surface area contributed by atoms with Gasteiger partial charge in [0.15, 0.2) is 0 Å². The molecule has 6 heteroatoms. The fourth-order valence-electron chi connectivity index (χ4n) is 3.31. The van der Waals surface area contributed by atoms with Crippen LogP contribution in [0, 0.1) is 0 Å². The Labute approximate surface area is 147 Å². The molecule has 0 saturated carbocycles. The highest BCUT2D eigenvalue weighted by atomic mass is 16.2. The number of anilines is 1. The quantitative estimate of drug-likeness (QED) is 0.877. The van der Waals surface area contributed by atoms with Crippen molar-refractivity contribution in [2.45, 2.75) is 38.1 Å². The first kappa shape index (κ1) is 17.2. The molecular formula is C19H24N4O2. The van der Waals surface area contributed by atoms with Gasteiger partial charge in [0.1, 0.15) is 6.04 Å². The Bertz CT molecular complexity index is 741. The lowest BCUT2D eigenvalue weighted by molar-refractivity contribution is -0.127. The fourth-order valence-corrected chi connectivity index (χ4v) is 3.31. The summed E-state index contributed by atoms with van der Waals surface area (Å²) in [7, 11) is 1.82. The molecule has 1 aromatic carbocycles. The van der Waals surface area contributed by atoms with Crippen LogP contribution in [0.5, 0.6) is 0 Å². The van der Waals surface area contributed by atoms with Crippen molar-refractivity contribution in [3.63, 3.8) is 0 Å². The zero-order valence-electron chi connectivity index (χ0n) is 14.7. The molecule has 1 aromatic heterocycles. The van der Waals surface area contributed by atoms with Gasteiger partial charge < -0.3 is 10.2 Å². The summed E-state index contributed by atoms with van der Waals surface area (Å²) in [4.78, 5) is 27.1. The summed E-state index contributed by atoms with van der Waals surface area (Å²) in [6, 6.07) is 9.30. The van der Waals surface area contributed by atoms with Crippen LogP contribution >= 0.6 is 0 Å². The molecule has 1 saturated heterocycles. The second-order valence-electron chi connectivity index (χ2n) is 6.46. The maximum Gasteiger partial charge on any atom is 0.249 e. The van der Waals surface area contributed by atoms with E-state index in [4.69, 9.17) is 0 Å². The van der Waals surface area contributed by atoms with Gasteiger partial charge in [-0.25, -0.2) is 0 Å². The normalized spacial score (nSPS) is 18.4. The van der Waals surface area contributed by atoms with E-state index in [0.717, 1.165) is 24.1 Å². The molecule has 0 spiro atoms. The summed E-state index contributed by atoms with van der Waals surface area (Å²) in [6.07, 6.45) is 5.78. The molecular weight excluding hydrogens is 316 g/mol. The van der Waals surface area contributed by atoms with Crippen molar-refractivity contribution in [2.75, 3.05) is 11.4 Å². The van der Waals surface area contributed by atoms with Crippen molar-refractivity contribution in [1.29, 1.82) is 0 Å². The Kier molecular flexibility index (Phi) is 5.16. The topological polar surface area (TPSA) is 67.2 Å². The van der Waals surface area contributed by atoms with Gasteiger partial charge in [-0.05, 0) is 18.4 Å². The summed E-state index contributed by atoms with van der Waals surface area (Å²) >= 11 is 0. The minimum absolute atomic E-state index is 0.0651. The summed E-state index contributed by atoms with van der Waals surface area (Å²) < 4.78 is 1.67. The van der Waals surface area contributed by atoms with Crippen molar-refractivity contribution in [1.82, 2.24) is 15.1 Å². The minimum atomic E-state index is -0.462. The number of carbonyl (C=O) groups is 2. The first-order valence-electron chi connectivity index (χ1n) is 8.75. The molecule has 1 N–H and O–H groups in total. The Hall–Kier alpha value is -2.63. The van der Waals surface area contributed by atoms with Crippen LogP contribution in [0.1, 0.15) is 37.7 Å². The Morgan fingerprint density at radius 3 is 2.76 bits per heavy atom. The fraction of sp³-hybridized carbons (Fsp3) is 0.421. The maximum atomic E-state index is 12.8. The van der Waals surface area contributed by atoms with Crippen LogP contribution in [0.4, 0.5) is 5.69 Å². The van der Waals surface area contributed by atoms with E-state index in [2.05, 4.69) is 17.3 Å². The van der Waals surface area contributed by atoms with Crippen molar-refractivity contribution in [3.05, 3.63) is 48.3 Å². The van der Waals surface area contributed by atoms with Gasteiger partial charge in [0.2, 0.25) is 11.8 Å². The first-order chi connectivity index (χ1) is 12.1. The van der Waals surface area contributed by atoms with Gasteiger partial charge in [-0.3, -0.25) is 14.3 Å². The van der Waals surface area contributed by atoms with Crippen LogP contribution in [0.25, 0.3) is 0 Å². The van der Waals surface area contributed by atoms with Crippen molar-refractivity contribution >= 4 is 17.5 Å². The summed E-state index contributed by atoms with van der Waals surface area (Å²) in [5, 5.41) is 7.07. The molecule has 25 heavy (non-hydrogen) atoms. The first-order valence-corrected chi connectivity index (χ1v) is 8.75. The van der Waals surface area contributed by atoms with Crippen LogP contribution in [0.2, 0.25) is 0 Å². The van der Waals surface area contributed by atoms with Crippen LogP contribution in [0.15, 0.2) is 42.7 Å². The smallest absolute Gasteiger partial charge is 0.249 e. The Morgan fingerprint density at radius 2 is 2.12 bits per heavy atom. The van der Waals surface area contributed by atoms with Gasteiger partial charge in [0, 0.05) is 19.8 Å². The molecule has 0 radical (unpaired) electrons. The molecule has 2 aromatic rings. The minimum Gasteiger partial charge on any atom is -0.344 e. The highest BCUT2D eigenvalue weighted by Gasteiger charge is 2.35. The molecule has 2 heterocycles. The van der Waals surface area contributed by atoms with Gasteiger partial charge in [-0.15, -0.1) is 0 Å². The molecule has 0 aliphatic carbocycles. The largest absolute Gasteiger partial charge is 0.344 e. The number of aryl methyl sites for hydroxylation is 1. The number of nitrogens with one attached hydrogen (secondary N) is 1. The van der Waals surface area contributed by atoms with E-state index in [-0.39, 0.29) is 17.7 Å². The maximum absolute atomic E-state index is 12.8. The van der Waals surface area contributed by atoms with Crippen LogP contribution in [-0.4, -0.2) is 34.2 Å². The summed E-state index contributed by atoms with van der Waals surface area (Å²) in [6.45, 7) is 2.66. The molecule has 1 fully saturated rings. The number of benzene rings is 1. The summed E-state index contributed by atoms with van der Waals surface area (Å²) in [5.74, 6) is -0.351. The van der Waals surface area contributed by atoms with Crippen LogP contribution < -0.4 is 10.2 Å². The van der Waals surface area contributed by atoms with E-state index in [1.165, 1.54) is 0 Å². The van der Waals surface area contributed by atoms with Crippen molar-refractivity contribution in [2.24, 2.45) is 7.05 Å². The van der Waals surface area contributed by atoms with Crippen LogP contribution in [0.3, 0.4) is 0 Å². The van der Waals surface area contributed by atoms with E-state index >= 15 is 0 Å². The van der Waals surface area contributed by atoms with Gasteiger partial charge in [-0.1, -0.05) is 43.7 Å². The number of carbonyl (C=O) groups excluding carboxylic acids is 2. The number of hydrogen-bond donors (Lipinski definition) is 1. The molecule has 2 amide bonds. The molecule has 0 unspecified atom stereocenters. The highest BCUT2D eigenvalue weighted by Crippen LogP contribution is 2.24. The second kappa shape index (κ2) is 7.51. The van der Waals surface area contributed by atoms with E-state index in [1.54, 1.807) is 15.8 Å². The third-order valence-corrected chi connectivity index (χ3v) is 4.62.